The minimum absolute atomic E-state index is 0.565. The van der Waals surface area contributed by atoms with Crippen LogP contribution in [0.3, 0.4) is 0 Å². The predicted molar refractivity (Wildman–Crippen MR) is 197 cm³/mol. The van der Waals surface area contributed by atoms with Crippen LogP contribution in [0.25, 0.3) is 60.8 Å². The molecule has 0 saturated heterocycles. The average Bonchev–Trinajstić information content (AvgIpc) is 3.67. The molecule has 0 aliphatic heterocycles. The van der Waals surface area contributed by atoms with E-state index in [-0.39, 0.29) is 0 Å². The van der Waals surface area contributed by atoms with Crippen molar-refractivity contribution in [2.45, 2.75) is 5.41 Å². The smallest absolute Gasteiger partial charge is 0.114 e. The zero-order valence-corrected chi connectivity index (χ0v) is 26.1. The molecule has 1 aliphatic carbocycles. The maximum atomic E-state index is 5.35. The summed E-state index contributed by atoms with van der Waals surface area (Å²) in [5.74, 6) is 0. The molecule has 3 heteroatoms. The highest BCUT2D eigenvalue weighted by atomic mass is 15.0. The van der Waals surface area contributed by atoms with E-state index in [4.69, 9.17) is 9.97 Å². The largest absolute Gasteiger partial charge is 0.307 e. The molecule has 0 bridgehead atoms. The summed E-state index contributed by atoms with van der Waals surface area (Å²) in [7, 11) is 0. The van der Waals surface area contributed by atoms with Crippen molar-refractivity contribution in [2.24, 2.45) is 0 Å². The third-order valence-corrected chi connectivity index (χ3v) is 10.2. The molecule has 0 radical (unpaired) electrons. The monoisotopic (exact) mass is 611 g/mol. The van der Waals surface area contributed by atoms with Crippen LogP contribution in [0.5, 0.6) is 0 Å². The van der Waals surface area contributed by atoms with E-state index in [0.717, 1.165) is 44.1 Å². The number of para-hydroxylation sites is 1. The summed E-state index contributed by atoms with van der Waals surface area (Å²) in [6.45, 7) is 0. The van der Waals surface area contributed by atoms with Gasteiger partial charge in [0.1, 0.15) is 5.52 Å². The maximum Gasteiger partial charge on any atom is 0.114 e. The van der Waals surface area contributed by atoms with Crippen molar-refractivity contribution < 1.29 is 0 Å². The van der Waals surface area contributed by atoms with E-state index in [0.29, 0.717) is 0 Å². The van der Waals surface area contributed by atoms with E-state index in [1.807, 2.05) is 0 Å². The molecule has 48 heavy (non-hydrogen) atoms. The average molecular weight is 612 g/mol. The van der Waals surface area contributed by atoms with Crippen LogP contribution in [0.1, 0.15) is 22.3 Å². The fraction of sp³-hybridized carbons (Fsp3) is 0.0222. The fourth-order valence-electron chi connectivity index (χ4n) is 8.17. The molecule has 10 rings (SSSR count). The molecule has 0 unspecified atom stereocenters. The Kier molecular flexibility index (Phi) is 5.79. The summed E-state index contributed by atoms with van der Waals surface area (Å²) < 4.78 is 2.37. The molecule has 0 atom stereocenters. The van der Waals surface area contributed by atoms with E-state index >= 15 is 0 Å². The zero-order chi connectivity index (χ0) is 31.7. The van der Waals surface area contributed by atoms with E-state index in [1.54, 1.807) is 0 Å². The second kappa shape index (κ2) is 10.3. The Morgan fingerprint density at radius 1 is 0.438 bits per heavy atom. The lowest BCUT2D eigenvalue weighted by Gasteiger charge is -2.34. The first-order chi connectivity index (χ1) is 23.8. The van der Waals surface area contributed by atoms with Crippen molar-refractivity contribution in [2.75, 3.05) is 0 Å². The number of benzene rings is 6. The van der Waals surface area contributed by atoms with Gasteiger partial charge in [0, 0.05) is 40.0 Å². The van der Waals surface area contributed by atoms with Gasteiger partial charge in [0.05, 0.1) is 22.0 Å². The number of aromatic nitrogens is 3. The third-order valence-electron chi connectivity index (χ3n) is 10.2. The number of rotatable bonds is 4. The molecule has 1 aliphatic rings. The topological polar surface area (TPSA) is 30.7 Å². The first-order valence-corrected chi connectivity index (χ1v) is 16.4. The van der Waals surface area contributed by atoms with Gasteiger partial charge < -0.3 is 4.57 Å². The van der Waals surface area contributed by atoms with E-state index in [1.165, 1.54) is 38.9 Å². The second-order valence-electron chi connectivity index (χ2n) is 12.6. The van der Waals surface area contributed by atoms with Crippen molar-refractivity contribution in [3.63, 3.8) is 0 Å². The molecular weight excluding hydrogens is 583 g/mol. The molecule has 9 aromatic rings. The number of fused-ring (bicyclic) bond motifs is 9. The van der Waals surface area contributed by atoms with Gasteiger partial charge >= 0.3 is 0 Å². The van der Waals surface area contributed by atoms with Gasteiger partial charge in [-0.05, 0) is 51.6 Å². The molecule has 0 spiro atoms. The molecule has 0 fully saturated rings. The molecule has 0 amide bonds. The molecule has 224 valence electrons. The minimum atomic E-state index is -0.565. The number of hydrogen-bond donors (Lipinski definition) is 0. The molecule has 3 nitrogen and oxygen atoms in total. The Labute approximate surface area is 278 Å². The van der Waals surface area contributed by atoms with Crippen molar-refractivity contribution in [3.05, 3.63) is 198 Å². The SMILES string of the molecule is c1ccc(-c2ccc(-n3c4ccccc4c4cnc5c6c(cnc5c43)-c3ccccc3C6(c3ccccc3)c3ccccc3)cc2)cc1. The summed E-state index contributed by atoms with van der Waals surface area (Å²) in [4.78, 5) is 10.6. The van der Waals surface area contributed by atoms with Crippen molar-refractivity contribution >= 4 is 32.8 Å². The quantitative estimate of drug-likeness (QED) is 0.198. The zero-order valence-electron chi connectivity index (χ0n) is 26.1. The van der Waals surface area contributed by atoms with Gasteiger partial charge in [-0.3, -0.25) is 9.97 Å². The highest BCUT2D eigenvalue weighted by molar-refractivity contribution is 6.17. The van der Waals surface area contributed by atoms with Gasteiger partial charge in [-0.25, -0.2) is 0 Å². The highest BCUT2D eigenvalue weighted by Gasteiger charge is 2.48. The van der Waals surface area contributed by atoms with Crippen molar-refractivity contribution in [3.8, 4) is 27.9 Å². The van der Waals surface area contributed by atoms with Crippen LogP contribution < -0.4 is 0 Å². The lowest BCUT2D eigenvalue weighted by Crippen LogP contribution is -2.29. The molecule has 0 saturated carbocycles. The molecular formula is C45H29N3. The van der Waals surface area contributed by atoms with Gasteiger partial charge in [0.2, 0.25) is 0 Å². The summed E-state index contributed by atoms with van der Waals surface area (Å²) >= 11 is 0. The van der Waals surface area contributed by atoms with Crippen molar-refractivity contribution in [1.29, 1.82) is 0 Å². The normalized spacial score (nSPS) is 13.2. The molecule has 3 heterocycles. The maximum absolute atomic E-state index is 5.35. The van der Waals surface area contributed by atoms with E-state index in [2.05, 4.69) is 181 Å². The predicted octanol–water partition coefficient (Wildman–Crippen LogP) is 10.8. The van der Waals surface area contributed by atoms with Gasteiger partial charge in [-0.15, -0.1) is 0 Å². The first kappa shape index (κ1) is 26.9. The molecule has 0 N–H and O–H groups in total. The Balaban J connectivity index is 1.33. The Morgan fingerprint density at radius 3 is 1.75 bits per heavy atom. The van der Waals surface area contributed by atoms with Gasteiger partial charge in [-0.2, -0.15) is 0 Å². The standard InChI is InChI=1S/C45H29N3/c1-4-14-30(15-5-1)31-24-26-34(27-25-31)48-40-23-13-11-21-36(40)38-29-46-42-41-37(28-47-43(42)44(38)48)35-20-10-12-22-39(35)45(41,32-16-6-2-7-17-32)33-18-8-3-9-19-33/h1-29H. The molecule has 6 aromatic carbocycles. The van der Waals surface area contributed by atoms with Gasteiger partial charge in [0.15, 0.2) is 0 Å². The Hall–Kier alpha value is -6.32. The third kappa shape index (κ3) is 3.64. The summed E-state index contributed by atoms with van der Waals surface area (Å²) in [6.07, 6.45) is 4.16. The van der Waals surface area contributed by atoms with Crippen LogP contribution in [0, 0.1) is 0 Å². The van der Waals surface area contributed by atoms with Crippen LogP contribution in [0.15, 0.2) is 176 Å². The number of nitrogens with zero attached hydrogens (tertiary/aromatic N) is 3. The lowest BCUT2D eigenvalue weighted by atomic mass is 9.67. The minimum Gasteiger partial charge on any atom is -0.307 e. The summed E-state index contributed by atoms with van der Waals surface area (Å²) in [5, 5.41) is 2.26. The fourth-order valence-corrected chi connectivity index (χ4v) is 8.17. The van der Waals surface area contributed by atoms with Crippen LogP contribution in [-0.2, 0) is 5.41 Å². The number of hydrogen-bond acceptors (Lipinski definition) is 2. The van der Waals surface area contributed by atoms with Crippen LogP contribution in [-0.4, -0.2) is 14.5 Å². The van der Waals surface area contributed by atoms with Crippen LogP contribution in [0.4, 0.5) is 0 Å². The van der Waals surface area contributed by atoms with Gasteiger partial charge in [-0.1, -0.05) is 146 Å². The van der Waals surface area contributed by atoms with Gasteiger partial charge in [0.25, 0.3) is 0 Å². The van der Waals surface area contributed by atoms with Crippen molar-refractivity contribution in [1.82, 2.24) is 14.5 Å². The van der Waals surface area contributed by atoms with E-state index in [9.17, 15) is 0 Å². The summed E-state index contributed by atoms with van der Waals surface area (Å²) in [5.41, 5.74) is 14.2. The van der Waals surface area contributed by atoms with Crippen LogP contribution >= 0.6 is 0 Å². The summed E-state index contributed by atoms with van der Waals surface area (Å²) in [6, 6.07) is 58.7. The Bertz CT molecular complexity index is 2600. The highest BCUT2D eigenvalue weighted by Crippen LogP contribution is 2.57. The van der Waals surface area contributed by atoms with E-state index < -0.39 is 5.41 Å². The first-order valence-electron chi connectivity index (χ1n) is 16.4. The van der Waals surface area contributed by atoms with Crippen LogP contribution in [0.2, 0.25) is 0 Å². The second-order valence-corrected chi connectivity index (χ2v) is 12.6. The molecule has 3 aromatic heterocycles. The lowest BCUT2D eigenvalue weighted by molar-refractivity contribution is 0.772. The Morgan fingerprint density at radius 2 is 1.02 bits per heavy atom. The number of pyridine rings is 2.